The third kappa shape index (κ3) is 5.26. The van der Waals surface area contributed by atoms with Crippen molar-refractivity contribution in [3.05, 3.63) is 70.0 Å². The van der Waals surface area contributed by atoms with Gasteiger partial charge in [-0.05, 0) is 28.7 Å². The van der Waals surface area contributed by atoms with Crippen molar-refractivity contribution >= 4 is 21.8 Å². The van der Waals surface area contributed by atoms with Gasteiger partial charge in [0.2, 0.25) is 17.6 Å². The van der Waals surface area contributed by atoms with Crippen LogP contribution in [-0.4, -0.2) is 16.0 Å². The Morgan fingerprint density at radius 3 is 2.56 bits per heavy atom. The second kappa shape index (κ2) is 8.05. The molecule has 6 heteroatoms. The first-order valence-electron chi connectivity index (χ1n) is 8.76. The molecule has 1 amide bonds. The Kier molecular flexibility index (Phi) is 5.75. The molecule has 0 saturated carbocycles. The van der Waals surface area contributed by atoms with Crippen molar-refractivity contribution < 1.29 is 9.32 Å². The summed E-state index contributed by atoms with van der Waals surface area (Å²) in [6.45, 7) is 6.72. The van der Waals surface area contributed by atoms with E-state index in [0.29, 0.717) is 18.1 Å². The average Bonchev–Trinajstić information content (AvgIpc) is 3.08. The van der Waals surface area contributed by atoms with Crippen LogP contribution in [-0.2, 0) is 23.2 Å². The molecule has 1 heterocycles. The third-order valence-electron chi connectivity index (χ3n) is 4.17. The van der Waals surface area contributed by atoms with Crippen LogP contribution < -0.4 is 5.32 Å². The van der Waals surface area contributed by atoms with E-state index in [2.05, 4.69) is 64.3 Å². The Labute approximate surface area is 167 Å². The number of nitrogens with one attached hydrogen (secondary N) is 1. The highest BCUT2D eigenvalue weighted by Crippen LogP contribution is 2.25. The lowest BCUT2D eigenvalue weighted by Crippen LogP contribution is -2.24. The van der Waals surface area contributed by atoms with E-state index in [1.807, 2.05) is 36.4 Å². The van der Waals surface area contributed by atoms with Gasteiger partial charge in [-0.3, -0.25) is 4.79 Å². The maximum atomic E-state index is 12.1. The van der Waals surface area contributed by atoms with Gasteiger partial charge in [-0.1, -0.05) is 78.3 Å². The predicted molar refractivity (Wildman–Crippen MR) is 108 cm³/mol. The summed E-state index contributed by atoms with van der Waals surface area (Å²) in [6, 6.07) is 15.8. The van der Waals surface area contributed by atoms with Crippen LogP contribution in [0.2, 0.25) is 0 Å². The zero-order valence-corrected chi connectivity index (χ0v) is 17.2. The summed E-state index contributed by atoms with van der Waals surface area (Å²) in [5.41, 5.74) is 3.17. The van der Waals surface area contributed by atoms with Crippen molar-refractivity contribution in [1.82, 2.24) is 15.5 Å². The van der Waals surface area contributed by atoms with Crippen LogP contribution in [0.4, 0.5) is 0 Å². The molecule has 27 heavy (non-hydrogen) atoms. The highest BCUT2D eigenvalue weighted by Gasteiger charge is 2.15. The Bertz CT molecular complexity index is 927. The molecule has 0 radical (unpaired) electrons. The third-order valence-corrected chi connectivity index (χ3v) is 4.66. The molecule has 0 saturated heterocycles. The molecule has 0 spiro atoms. The van der Waals surface area contributed by atoms with Crippen molar-refractivity contribution in [3.63, 3.8) is 0 Å². The number of amides is 1. The summed E-state index contributed by atoms with van der Waals surface area (Å²) in [5.74, 6) is 0.807. The first kappa shape index (κ1) is 19.3. The summed E-state index contributed by atoms with van der Waals surface area (Å²) in [6.07, 6.45) is 0.300. The topological polar surface area (TPSA) is 68.0 Å². The van der Waals surface area contributed by atoms with Crippen molar-refractivity contribution in [2.24, 2.45) is 0 Å². The number of carbonyl (C=O) groups is 1. The van der Waals surface area contributed by atoms with Gasteiger partial charge in [-0.25, -0.2) is 0 Å². The van der Waals surface area contributed by atoms with Crippen molar-refractivity contribution in [1.29, 1.82) is 0 Å². The number of rotatable bonds is 5. The molecule has 0 bridgehead atoms. The number of aromatic nitrogens is 2. The van der Waals surface area contributed by atoms with Gasteiger partial charge in [0.05, 0.1) is 13.0 Å². The molecule has 0 aliphatic rings. The normalized spacial score (nSPS) is 11.4. The van der Waals surface area contributed by atoms with Gasteiger partial charge >= 0.3 is 0 Å². The van der Waals surface area contributed by atoms with E-state index < -0.39 is 0 Å². The van der Waals surface area contributed by atoms with E-state index in [9.17, 15) is 4.79 Å². The lowest BCUT2D eigenvalue weighted by Gasteiger charge is -2.18. The number of hydrogen-bond acceptors (Lipinski definition) is 4. The van der Waals surface area contributed by atoms with Crippen molar-refractivity contribution in [2.75, 3.05) is 0 Å². The highest BCUT2D eigenvalue weighted by molar-refractivity contribution is 9.10. The molecule has 140 valence electrons. The molecule has 1 aromatic heterocycles. The number of halogens is 1. The summed E-state index contributed by atoms with van der Waals surface area (Å²) >= 11 is 3.40. The maximum Gasteiger partial charge on any atom is 0.246 e. The minimum atomic E-state index is -0.0950. The average molecular weight is 428 g/mol. The minimum Gasteiger partial charge on any atom is -0.347 e. The van der Waals surface area contributed by atoms with Crippen LogP contribution in [0, 0.1) is 0 Å². The first-order valence-corrected chi connectivity index (χ1v) is 9.55. The van der Waals surface area contributed by atoms with E-state index >= 15 is 0 Å². The lowest BCUT2D eigenvalue weighted by molar-refractivity contribution is -0.120. The minimum absolute atomic E-state index is 0.0950. The van der Waals surface area contributed by atoms with Gasteiger partial charge in [0.1, 0.15) is 0 Å². The summed E-state index contributed by atoms with van der Waals surface area (Å²) in [5, 5.41) is 6.82. The van der Waals surface area contributed by atoms with E-state index in [-0.39, 0.29) is 17.9 Å². The summed E-state index contributed by atoms with van der Waals surface area (Å²) < 4.78 is 6.20. The molecule has 3 aromatic rings. The number of nitrogens with zero attached hydrogens (tertiary/aromatic N) is 2. The van der Waals surface area contributed by atoms with Crippen LogP contribution in [0.25, 0.3) is 11.4 Å². The predicted octanol–water partition coefficient (Wildman–Crippen LogP) is 4.66. The van der Waals surface area contributed by atoms with E-state index in [1.165, 1.54) is 5.56 Å². The monoisotopic (exact) mass is 427 g/mol. The molecule has 0 aliphatic heterocycles. The number of benzene rings is 2. The molecule has 0 unspecified atom stereocenters. The summed E-state index contributed by atoms with van der Waals surface area (Å²) in [7, 11) is 0. The maximum absolute atomic E-state index is 12.1. The molecule has 1 N–H and O–H groups in total. The Morgan fingerprint density at radius 1 is 1.15 bits per heavy atom. The lowest BCUT2D eigenvalue weighted by atomic mass is 9.87. The SMILES string of the molecule is CC(C)(C)c1ccc(-c2noc(CNC(=O)Cc3cccc(Br)c3)n2)cc1. The fraction of sp³-hybridized carbons (Fsp3) is 0.286. The molecule has 5 nitrogen and oxygen atoms in total. The van der Waals surface area contributed by atoms with Gasteiger partial charge in [0, 0.05) is 10.0 Å². The van der Waals surface area contributed by atoms with Gasteiger partial charge in [0.25, 0.3) is 0 Å². The van der Waals surface area contributed by atoms with E-state index in [1.54, 1.807) is 0 Å². The summed E-state index contributed by atoms with van der Waals surface area (Å²) in [4.78, 5) is 16.5. The van der Waals surface area contributed by atoms with Gasteiger partial charge in [-0.15, -0.1) is 0 Å². The smallest absolute Gasteiger partial charge is 0.246 e. The first-order chi connectivity index (χ1) is 12.8. The molecular weight excluding hydrogens is 406 g/mol. The molecular formula is C21H22BrN3O2. The quantitative estimate of drug-likeness (QED) is 0.642. The molecule has 3 rings (SSSR count). The fourth-order valence-electron chi connectivity index (χ4n) is 2.63. The van der Waals surface area contributed by atoms with E-state index in [4.69, 9.17) is 4.52 Å². The van der Waals surface area contributed by atoms with Crippen molar-refractivity contribution in [3.8, 4) is 11.4 Å². The Morgan fingerprint density at radius 2 is 1.89 bits per heavy atom. The molecule has 0 fully saturated rings. The van der Waals surface area contributed by atoms with Crippen LogP contribution in [0.15, 0.2) is 57.5 Å². The van der Waals surface area contributed by atoms with Gasteiger partial charge in [-0.2, -0.15) is 4.98 Å². The number of hydrogen-bond donors (Lipinski definition) is 1. The Balaban J connectivity index is 1.58. The second-order valence-corrected chi connectivity index (χ2v) is 8.34. The second-order valence-electron chi connectivity index (χ2n) is 7.42. The standard InChI is InChI=1S/C21H22BrN3O2/c1-21(2,3)16-9-7-15(8-10-16)20-24-19(27-25-20)13-23-18(26)12-14-5-4-6-17(22)11-14/h4-11H,12-13H2,1-3H3,(H,23,26). The van der Waals surface area contributed by atoms with Crippen LogP contribution in [0.3, 0.4) is 0 Å². The van der Waals surface area contributed by atoms with Crippen molar-refractivity contribution in [2.45, 2.75) is 39.2 Å². The molecule has 2 aromatic carbocycles. The van der Waals surface area contributed by atoms with Crippen LogP contribution >= 0.6 is 15.9 Å². The largest absolute Gasteiger partial charge is 0.347 e. The fourth-order valence-corrected chi connectivity index (χ4v) is 3.08. The molecule has 0 atom stereocenters. The van der Waals surface area contributed by atoms with Crippen LogP contribution in [0.5, 0.6) is 0 Å². The van der Waals surface area contributed by atoms with Gasteiger partial charge in [0.15, 0.2) is 0 Å². The zero-order chi connectivity index (χ0) is 19.4. The Hall–Kier alpha value is -2.47. The molecule has 0 aliphatic carbocycles. The van der Waals surface area contributed by atoms with E-state index in [0.717, 1.165) is 15.6 Å². The highest BCUT2D eigenvalue weighted by atomic mass is 79.9. The van der Waals surface area contributed by atoms with Gasteiger partial charge < -0.3 is 9.84 Å². The zero-order valence-electron chi connectivity index (χ0n) is 15.6. The van der Waals surface area contributed by atoms with Crippen LogP contribution in [0.1, 0.15) is 37.8 Å². The number of carbonyl (C=O) groups excluding carboxylic acids is 1.